The summed E-state index contributed by atoms with van der Waals surface area (Å²) in [5.41, 5.74) is 7.04. The molecule has 3 unspecified atom stereocenters. The molecule has 0 aromatic heterocycles. The fourth-order valence-electron chi connectivity index (χ4n) is 3.26. The standard InChI is InChI=1S/C16H23BrFN/c1-2-3-11-4-7-16(19)13(8-11)9-12-5-6-14(17)10-15(12)18/h5-6,10-11,13,16H,2-4,7-9,19H2,1H3. The first-order valence-corrected chi connectivity index (χ1v) is 8.09. The summed E-state index contributed by atoms with van der Waals surface area (Å²) < 4.78 is 14.7. The van der Waals surface area contributed by atoms with Gasteiger partial charge in [-0.2, -0.15) is 0 Å². The summed E-state index contributed by atoms with van der Waals surface area (Å²) in [6.45, 7) is 2.23. The Balaban J connectivity index is 2.03. The second-order valence-electron chi connectivity index (χ2n) is 5.83. The summed E-state index contributed by atoms with van der Waals surface area (Å²) in [5, 5.41) is 0. The van der Waals surface area contributed by atoms with Crippen LogP contribution in [0.3, 0.4) is 0 Å². The normalized spacial score (nSPS) is 27.5. The van der Waals surface area contributed by atoms with Crippen LogP contribution in [0.15, 0.2) is 22.7 Å². The fraction of sp³-hybridized carbons (Fsp3) is 0.625. The summed E-state index contributed by atoms with van der Waals surface area (Å²) in [6, 6.07) is 5.58. The molecule has 0 radical (unpaired) electrons. The summed E-state index contributed by atoms with van der Waals surface area (Å²) in [4.78, 5) is 0. The van der Waals surface area contributed by atoms with Gasteiger partial charge in [-0.25, -0.2) is 4.39 Å². The van der Waals surface area contributed by atoms with Crippen LogP contribution in [-0.2, 0) is 6.42 Å². The van der Waals surface area contributed by atoms with Crippen LogP contribution in [0.2, 0.25) is 0 Å². The molecule has 0 aliphatic heterocycles. The van der Waals surface area contributed by atoms with E-state index >= 15 is 0 Å². The zero-order chi connectivity index (χ0) is 13.8. The van der Waals surface area contributed by atoms with Crippen LogP contribution in [0.4, 0.5) is 4.39 Å². The van der Waals surface area contributed by atoms with Crippen molar-refractivity contribution in [3.63, 3.8) is 0 Å². The Morgan fingerprint density at radius 2 is 2.16 bits per heavy atom. The first-order chi connectivity index (χ1) is 9.10. The van der Waals surface area contributed by atoms with Crippen LogP contribution in [0.1, 0.15) is 44.6 Å². The Bertz CT molecular complexity index is 421. The Morgan fingerprint density at radius 3 is 2.84 bits per heavy atom. The molecule has 0 spiro atoms. The van der Waals surface area contributed by atoms with E-state index in [0.29, 0.717) is 5.92 Å². The quantitative estimate of drug-likeness (QED) is 0.854. The van der Waals surface area contributed by atoms with Crippen LogP contribution >= 0.6 is 15.9 Å². The van der Waals surface area contributed by atoms with E-state index in [1.165, 1.54) is 19.3 Å². The third-order valence-corrected chi connectivity index (χ3v) is 4.84. The maximum atomic E-state index is 13.9. The van der Waals surface area contributed by atoms with E-state index in [2.05, 4.69) is 22.9 Å². The van der Waals surface area contributed by atoms with Crippen molar-refractivity contribution in [1.82, 2.24) is 0 Å². The van der Waals surface area contributed by atoms with Gasteiger partial charge in [-0.05, 0) is 55.2 Å². The number of halogens is 2. The van der Waals surface area contributed by atoms with Crippen molar-refractivity contribution < 1.29 is 4.39 Å². The molecule has 1 saturated carbocycles. The second kappa shape index (κ2) is 6.85. The van der Waals surface area contributed by atoms with Gasteiger partial charge in [0.25, 0.3) is 0 Å². The molecular weight excluding hydrogens is 305 g/mol. The topological polar surface area (TPSA) is 26.0 Å². The molecule has 0 bridgehead atoms. The van der Waals surface area contributed by atoms with Gasteiger partial charge in [-0.1, -0.05) is 41.8 Å². The lowest BCUT2D eigenvalue weighted by atomic mass is 9.74. The molecule has 3 heteroatoms. The van der Waals surface area contributed by atoms with Gasteiger partial charge < -0.3 is 5.73 Å². The molecule has 2 N–H and O–H groups in total. The highest BCUT2D eigenvalue weighted by molar-refractivity contribution is 9.10. The van der Waals surface area contributed by atoms with E-state index in [4.69, 9.17) is 5.73 Å². The van der Waals surface area contributed by atoms with E-state index in [0.717, 1.165) is 35.2 Å². The molecule has 19 heavy (non-hydrogen) atoms. The lowest BCUT2D eigenvalue weighted by molar-refractivity contribution is 0.220. The minimum absolute atomic E-state index is 0.112. The summed E-state index contributed by atoms with van der Waals surface area (Å²) in [7, 11) is 0. The van der Waals surface area contributed by atoms with Gasteiger partial charge >= 0.3 is 0 Å². The second-order valence-corrected chi connectivity index (χ2v) is 6.75. The van der Waals surface area contributed by atoms with Crippen molar-refractivity contribution >= 4 is 15.9 Å². The first kappa shape index (κ1) is 15.0. The van der Waals surface area contributed by atoms with Crippen molar-refractivity contribution in [3.8, 4) is 0 Å². The molecule has 0 heterocycles. The van der Waals surface area contributed by atoms with Gasteiger partial charge in [-0.3, -0.25) is 0 Å². The van der Waals surface area contributed by atoms with E-state index in [9.17, 15) is 4.39 Å². The van der Waals surface area contributed by atoms with Gasteiger partial charge in [0.05, 0.1) is 0 Å². The smallest absolute Gasteiger partial charge is 0.127 e. The largest absolute Gasteiger partial charge is 0.327 e. The third kappa shape index (κ3) is 4.03. The van der Waals surface area contributed by atoms with E-state index < -0.39 is 0 Å². The average Bonchev–Trinajstić information content (AvgIpc) is 2.37. The van der Waals surface area contributed by atoms with Gasteiger partial charge in [0, 0.05) is 10.5 Å². The number of benzene rings is 1. The van der Waals surface area contributed by atoms with Crippen molar-refractivity contribution in [2.24, 2.45) is 17.6 Å². The first-order valence-electron chi connectivity index (χ1n) is 7.29. The lowest BCUT2D eigenvalue weighted by Gasteiger charge is -2.34. The fourth-order valence-corrected chi connectivity index (χ4v) is 3.59. The Morgan fingerprint density at radius 1 is 1.37 bits per heavy atom. The molecule has 106 valence electrons. The molecule has 1 aliphatic carbocycles. The molecule has 1 aromatic carbocycles. The number of rotatable bonds is 4. The Labute approximate surface area is 123 Å². The minimum Gasteiger partial charge on any atom is -0.327 e. The SMILES string of the molecule is CCCC1CCC(N)C(Cc2ccc(Br)cc2F)C1. The van der Waals surface area contributed by atoms with Gasteiger partial charge in [0.2, 0.25) is 0 Å². The lowest BCUT2D eigenvalue weighted by Crippen LogP contribution is -2.37. The van der Waals surface area contributed by atoms with E-state index in [1.807, 2.05) is 12.1 Å². The zero-order valence-electron chi connectivity index (χ0n) is 11.5. The molecule has 3 atom stereocenters. The monoisotopic (exact) mass is 327 g/mol. The summed E-state index contributed by atoms with van der Waals surface area (Å²) >= 11 is 3.30. The van der Waals surface area contributed by atoms with Crippen molar-refractivity contribution in [2.75, 3.05) is 0 Å². The number of hydrogen-bond acceptors (Lipinski definition) is 1. The number of hydrogen-bond donors (Lipinski definition) is 1. The van der Waals surface area contributed by atoms with Gasteiger partial charge in [-0.15, -0.1) is 0 Å². The van der Waals surface area contributed by atoms with Crippen molar-refractivity contribution in [2.45, 2.75) is 51.5 Å². The van der Waals surface area contributed by atoms with Crippen molar-refractivity contribution in [3.05, 3.63) is 34.1 Å². The highest BCUT2D eigenvalue weighted by Gasteiger charge is 2.28. The maximum Gasteiger partial charge on any atom is 0.127 e. The summed E-state index contributed by atoms with van der Waals surface area (Å²) in [5.74, 6) is 1.11. The molecular formula is C16H23BrFN. The maximum absolute atomic E-state index is 13.9. The molecule has 2 rings (SSSR count). The highest BCUT2D eigenvalue weighted by atomic mass is 79.9. The Hall–Kier alpha value is -0.410. The van der Waals surface area contributed by atoms with E-state index in [-0.39, 0.29) is 11.9 Å². The van der Waals surface area contributed by atoms with Gasteiger partial charge in [0.1, 0.15) is 5.82 Å². The number of nitrogens with two attached hydrogens (primary N) is 1. The van der Waals surface area contributed by atoms with Crippen LogP contribution in [0.5, 0.6) is 0 Å². The molecule has 1 fully saturated rings. The van der Waals surface area contributed by atoms with E-state index in [1.54, 1.807) is 6.07 Å². The predicted octanol–water partition coefficient (Wildman–Crippen LogP) is 4.67. The summed E-state index contributed by atoms with van der Waals surface area (Å²) in [6.07, 6.45) is 6.79. The van der Waals surface area contributed by atoms with Crippen LogP contribution in [0.25, 0.3) is 0 Å². The average molecular weight is 328 g/mol. The van der Waals surface area contributed by atoms with Crippen LogP contribution in [-0.4, -0.2) is 6.04 Å². The molecule has 0 saturated heterocycles. The Kier molecular flexibility index (Phi) is 5.40. The van der Waals surface area contributed by atoms with Crippen LogP contribution < -0.4 is 5.73 Å². The zero-order valence-corrected chi connectivity index (χ0v) is 13.1. The highest BCUT2D eigenvalue weighted by Crippen LogP contribution is 2.33. The van der Waals surface area contributed by atoms with Gasteiger partial charge in [0.15, 0.2) is 0 Å². The molecule has 1 aliphatic rings. The molecule has 0 amide bonds. The molecule has 1 aromatic rings. The predicted molar refractivity (Wildman–Crippen MR) is 81.5 cm³/mol. The third-order valence-electron chi connectivity index (χ3n) is 4.34. The van der Waals surface area contributed by atoms with Crippen LogP contribution in [0, 0.1) is 17.7 Å². The molecule has 1 nitrogen and oxygen atoms in total. The van der Waals surface area contributed by atoms with Crippen molar-refractivity contribution in [1.29, 1.82) is 0 Å². The minimum atomic E-state index is -0.112.